The van der Waals surface area contributed by atoms with Gasteiger partial charge in [0.15, 0.2) is 0 Å². The van der Waals surface area contributed by atoms with E-state index in [1.54, 1.807) is 12.1 Å². The number of rotatable bonds is 13. The van der Waals surface area contributed by atoms with Crippen LogP contribution in [-0.4, -0.2) is 21.1 Å². The molecule has 0 saturated heterocycles. The van der Waals surface area contributed by atoms with Crippen molar-refractivity contribution in [2.45, 2.75) is 52.6 Å². The summed E-state index contributed by atoms with van der Waals surface area (Å²) in [5.74, 6) is 0.994. The van der Waals surface area contributed by atoms with Crippen molar-refractivity contribution in [3.05, 3.63) is 131 Å². The topological polar surface area (TPSA) is 30.3 Å². The maximum atomic E-state index is 12.8. The van der Waals surface area contributed by atoms with Gasteiger partial charge in [-0.05, 0) is 29.7 Å². The van der Waals surface area contributed by atoms with Crippen molar-refractivity contribution in [1.82, 2.24) is 14.5 Å². The van der Waals surface area contributed by atoms with Crippen molar-refractivity contribution in [2.24, 2.45) is 0 Å². The van der Waals surface area contributed by atoms with E-state index < -0.39 is 6.61 Å². The molecule has 1 aromatic heterocycles. The summed E-state index contributed by atoms with van der Waals surface area (Å²) in [7, 11) is 0. The monoisotopic (exact) mass is 585 g/mol. The molecule has 1 heterocycles. The van der Waals surface area contributed by atoms with Gasteiger partial charge in [-0.15, -0.1) is 0 Å². The van der Waals surface area contributed by atoms with Crippen molar-refractivity contribution in [2.75, 3.05) is 0 Å². The highest BCUT2D eigenvalue weighted by atomic mass is 35.5. The fourth-order valence-corrected chi connectivity index (χ4v) is 5.36. The molecule has 0 unspecified atom stereocenters. The van der Waals surface area contributed by atoms with Crippen molar-refractivity contribution < 1.29 is 13.5 Å². The average Bonchev–Trinajstić information content (AvgIpc) is 3.36. The summed E-state index contributed by atoms with van der Waals surface area (Å²) in [6.45, 7) is 1.92. The summed E-state index contributed by atoms with van der Waals surface area (Å²) in [5.41, 5.74) is 6.21. The molecule has 42 heavy (non-hydrogen) atoms. The minimum atomic E-state index is -2.90. The number of imidazole rings is 1. The second-order valence-electron chi connectivity index (χ2n) is 10.2. The van der Waals surface area contributed by atoms with E-state index in [1.165, 1.54) is 6.07 Å². The molecule has 216 valence electrons. The molecule has 0 amide bonds. The van der Waals surface area contributed by atoms with Crippen molar-refractivity contribution in [1.29, 1.82) is 0 Å². The number of ether oxygens (including phenoxy) is 1. The van der Waals surface area contributed by atoms with Gasteiger partial charge in [0.05, 0.1) is 11.4 Å². The molecule has 0 aliphatic carbocycles. The Bertz CT molecular complexity index is 1560. The molecule has 4 nitrogen and oxygen atoms in total. The van der Waals surface area contributed by atoms with Gasteiger partial charge in [0, 0.05) is 42.3 Å². The molecule has 0 fully saturated rings. The van der Waals surface area contributed by atoms with Gasteiger partial charge >= 0.3 is 6.61 Å². The van der Waals surface area contributed by atoms with Gasteiger partial charge in [-0.25, -0.2) is 4.98 Å². The van der Waals surface area contributed by atoms with Gasteiger partial charge in [0.2, 0.25) is 0 Å². The van der Waals surface area contributed by atoms with Crippen molar-refractivity contribution in [3.8, 4) is 28.4 Å². The second kappa shape index (κ2) is 14.3. The van der Waals surface area contributed by atoms with E-state index in [4.69, 9.17) is 16.6 Å². The predicted molar refractivity (Wildman–Crippen MR) is 165 cm³/mol. The van der Waals surface area contributed by atoms with Gasteiger partial charge < -0.3 is 9.30 Å². The third-order valence-corrected chi connectivity index (χ3v) is 7.50. The highest BCUT2D eigenvalue weighted by molar-refractivity contribution is 6.31. The van der Waals surface area contributed by atoms with E-state index >= 15 is 0 Å². The molecule has 0 radical (unpaired) electrons. The number of hydrogen-bond donors (Lipinski definition) is 0. The van der Waals surface area contributed by atoms with Crippen LogP contribution in [0.2, 0.25) is 5.02 Å². The molecule has 5 rings (SSSR count). The zero-order valence-corrected chi connectivity index (χ0v) is 24.4. The third-order valence-electron chi connectivity index (χ3n) is 7.15. The zero-order valence-electron chi connectivity index (χ0n) is 23.6. The number of alkyl halides is 2. The summed E-state index contributed by atoms with van der Waals surface area (Å²) in [5, 5.41) is 0.388. The van der Waals surface area contributed by atoms with E-state index in [0.717, 1.165) is 58.9 Å². The van der Waals surface area contributed by atoms with Crippen molar-refractivity contribution in [3.63, 3.8) is 0 Å². The summed E-state index contributed by atoms with van der Waals surface area (Å²) in [6.07, 6.45) is 2.08. The molecule has 5 aromatic rings. The Morgan fingerprint density at radius 3 is 2.07 bits per heavy atom. The first-order valence-electron chi connectivity index (χ1n) is 14.2. The van der Waals surface area contributed by atoms with E-state index in [2.05, 4.69) is 57.5 Å². The Balaban J connectivity index is 1.58. The third kappa shape index (κ3) is 7.44. The molecule has 0 saturated carbocycles. The normalized spacial score (nSPS) is 11.4. The molecular weight excluding hydrogens is 552 g/mol. The minimum Gasteiger partial charge on any atom is -0.435 e. The molecular formula is C35H34ClF2N3O. The maximum Gasteiger partial charge on any atom is 0.387 e. The van der Waals surface area contributed by atoms with Crippen LogP contribution in [0.3, 0.4) is 0 Å². The summed E-state index contributed by atoms with van der Waals surface area (Å²) in [4.78, 5) is 7.57. The van der Waals surface area contributed by atoms with E-state index in [-0.39, 0.29) is 5.75 Å². The molecule has 0 spiro atoms. The highest BCUT2D eigenvalue weighted by Gasteiger charge is 2.22. The molecule has 0 atom stereocenters. The number of nitrogens with zero attached hydrogens (tertiary/aromatic N) is 3. The Kier molecular flexibility index (Phi) is 10.0. The van der Waals surface area contributed by atoms with Crippen LogP contribution in [0.1, 0.15) is 36.6 Å². The Labute approximate surface area is 251 Å². The van der Waals surface area contributed by atoms with Crippen LogP contribution in [0, 0.1) is 0 Å². The van der Waals surface area contributed by atoms with Crippen LogP contribution < -0.4 is 4.74 Å². The quantitative estimate of drug-likeness (QED) is 0.138. The Morgan fingerprint density at radius 1 is 0.810 bits per heavy atom. The number of unbranched alkanes of at least 4 members (excludes halogenated alkanes) is 1. The molecule has 0 N–H and O–H groups in total. The largest absolute Gasteiger partial charge is 0.435 e. The molecule has 0 bridgehead atoms. The van der Waals surface area contributed by atoms with E-state index in [0.29, 0.717) is 24.7 Å². The highest BCUT2D eigenvalue weighted by Crippen LogP contribution is 2.32. The lowest BCUT2D eigenvalue weighted by molar-refractivity contribution is -0.0498. The van der Waals surface area contributed by atoms with Gasteiger partial charge in [0.25, 0.3) is 0 Å². The predicted octanol–water partition coefficient (Wildman–Crippen LogP) is 9.47. The Hall–Kier alpha value is -4.00. The summed E-state index contributed by atoms with van der Waals surface area (Å²) in [6, 6.07) is 35.7. The fraction of sp³-hybridized carbons (Fsp3) is 0.229. The Morgan fingerprint density at radius 2 is 1.45 bits per heavy atom. The van der Waals surface area contributed by atoms with E-state index in [9.17, 15) is 8.78 Å². The SMILES string of the molecule is CCCCn1c(-c2ccccc2)nc(-c2ccccc2)c1CN(Cc1ccccc1)Cc1ccc(OC(F)F)cc1Cl. The van der Waals surface area contributed by atoms with Crippen LogP contribution in [0.5, 0.6) is 5.75 Å². The second-order valence-corrected chi connectivity index (χ2v) is 10.6. The minimum absolute atomic E-state index is 0.0462. The molecule has 0 aliphatic rings. The lowest BCUT2D eigenvalue weighted by atomic mass is 10.1. The number of halogens is 3. The van der Waals surface area contributed by atoms with Crippen LogP contribution in [0.15, 0.2) is 109 Å². The first-order chi connectivity index (χ1) is 20.5. The number of hydrogen-bond acceptors (Lipinski definition) is 3. The lowest BCUT2D eigenvalue weighted by Crippen LogP contribution is -2.25. The number of benzene rings is 4. The standard InChI is InChI=1S/C35H34ClF2N3O/c1-2-3-21-41-32(33(27-15-9-5-10-16-27)39-34(41)28-17-11-6-12-18-28)25-40(23-26-13-7-4-8-14-26)24-29-19-20-30(22-31(29)36)42-35(37)38/h4-20,22,35H,2-3,21,23-25H2,1H3. The summed E-state index contributed by atoms with van der Waals surface area (Å²) >= 11 is 6.60. The average molecular weight is 586 g/mol. The van der Waals surface area contributed by atoms with Crippen LogP contribution in [0.25, 0.3) is 22.6 Å². The smallest absolute Gasteiger partial charge is 0.387 e. The fourth-order valence-electron chi connectivity index (χ4n) is 5.13. The van der Waals surface area contributed by atoms with Gasteiger partial charge in [-0.3, -0.25) is 4.90 Å². The van der Waals surface area contributed by atoms with Gasteiger partial charge in [0.1, 0.15) is 11.6 Å². The van der Waals surface area contributed by atoms with Crippen LogP contribution in [-0.2, 0) is 26.2 Å². The zero-order chi connectivity index (χ0) is 29.3. The first-order valence-corrected chi connectivity index (χ1v) is 14.6. The van der Waals surface area contributed by atoms with Crippen LogP contribution >= 0.6 is 11.6 Å². The van der Waals surface area contributed by atoms with Crippen LogP contribution in [0.4, 0.5) is 8.78 Å². The maximum absolute atomic E-state index is 12.8. The molecule has 0 aliphatic heterocycles. The van der Waals surface area contributed by atoms with E-state index in [1.807, 2.05) is 54.6 Å². The van der Waals surface area contributed by atoms with Gasteiger partial charge in [-0.1, -0.05) is 122 Å². The van der Waals surface area contributed by atoms with Crippen molar-refractivity contribution >= 4 is 11.6 Å². The lowest BCUT2D eigenvalue weighted by Gasteiger charge is -2.25. The summed E-state index contributed by atoms with van der Waals surface area (Å²) < 4.78 is 32.5. The molecule has 7 heteroatoms. The number of aromatic nitrogens is 2. The van der Waals surface area contributed by atoms with Gasteiger partial charge in [-0.2, -0.15) is 8.78 Å². The molecule has 4 aromatic carbocycles. The first kappa shape index (κ1) is 29.5.